The number of hydrogen-bond donors (Lipinski definition) is 1. The summed E-state index contributed by atoms with van der Waals surface area (Å²) < 4.78 is 77.2. The highest BCUT2D eigenvalue weighted by Gasteiger charge is 2.47. The number of carboxylic acids is 1. The zero-order valence-corrected chi connectivity index (χ0v) is 12.8. The van der Waals surface area contributed by atoms with E-state index in [1.54, 1.807) is 0 Å². The quantitative estimate of drug-likeness (QED) is 0.807. The highest BCUT2D eigenvalue weighted by atomic mass is 19.4. The minimum atomic E-state index is -5.09. The van der Waals surface area contributed by atoms with Gasteiger partial charge in [-0.2, -0.15) is 26.3 Å². The Hall–Kier alpha value is -2.26. The summed E-state index contributed by atoms with van der Waals surface area (Å²) >= 11 is 0. The highest BCUT2D eigenvalue weighted by molar-refractivity contribution is 5.98. The minimum Gasteiger partial charge on any atom is -0.480 e. The lowest BCUT2D eigenvalue weighted by Gasteiger charge is -2.31. The van der Waals surface area contributed by atoms with E-state index in [2.05, 4.69) is 0 Å². The summed E-state index contributed by atoms with van der Waals surface area (Å²) in [6, 6.07) is 0.521. The van der Waals surface area contributed by atoms with Crippen molar-refractivity contribution in [1.29, 1.82) is 0 Å². The van der Waals surface area contributed by atoms with Crippen molar-refractivity contribution < 1.29 is 41.0 Å². The van der Waals surface area contributed by atoms with Gasteiger partial charge >= 0.3 is 18.3 Å². The summed E-state index contributed by atoms with van der Waals surface area (Å²) in [6.45, 7) is 1.14. The average Bonchev–Trinajstić information content (AvgIpc) is 2.87. The first kappa shape index (κ1) is 19.1. The zero-order valence-electron chi connectivity index (χ0n) is 12.8. The number of alkyl halides is 6. The first-order valence-corrected chi connectivity index (χ1v) is 7.11. The van der Waals surface area contributed by atoms with E-state index in [0.717, 1.165) is 4.90 Å². The Morgan fingerprint density at radius 3 is 1.92 bits per heavy atom. The first-order valence-electron chi connectivity index (χ1n) is 7.11. The van der Waals surface area contributed by atoms with Crippen LogP contribution in [0, 0.1) is 0 Å². The van der Waals surface area contributed by atoms with Crippen LogP contribution >= 0.6 is 0 Å². The molecule has 1 N–H and O–H groups in total. The van der Waals surface area contributed by atoms with Gasteiger partial charge in [0.25, 0.3) is 5.91 Å². The summed E-state index contributed by atoms with van der Waals surface area (Å²) in [5, 5.41) is 9.25. The van der Waals surface area contributed by atoms with E-state index in [4.69, 9.17) is 0 Å². The molecule has 1 unspecified atom stereocenters. The van der Waals surface area contributed by atoms with E-state index in [1.165, 1.54) is 6.92 Å². The number of hydrogen-bond acceptors (Lipinski definition) is 2. The first-order chi connectivity index (χ1) is 11.3. The third-order valence-corrected chi connectivity index (χ3v) is 4.18. The highest BCUT2D eigenvalue weighted by Crippen LogP contribution is 2.38. The van der Waals surface area contributed by atoms with E-state index in [9.17, 15) is 41.0 Å². The van der Waals surface area contributed by atoms with Crippen LogP contribution in [-0.4, -0.2) is 34.0 Å². The van der Waals surface area contributed by atoms with Gasteiger partial charge < -0.3 is 10.0 Å². The van der Waals surface area contributed by atoms with Crippen molar-refractivity contribution in [2.24, 2.45) is 0 Å². The third kappa shape index (κ3) is 3.57. The van der Waals surface area contributed by atoms with Gasteiger partial charge in [-0.1, -0.05) is 0 Å². The summed E-state index contributed by atoms with van der Waals surface area (Å²) in [5.74, 6) is -2.56. The third-order valence-electron chi connectivity index (χ3n) is 4.18. The number of benzene rings is 1. The monoisotopic (exact) mass is 369 g/mol. The fourth-order valence-corrected chi connectivity index (χ4v) is 2.75. The molecule has 25 heavy (non-hydrogen) atoms. The standard InChI is InChI=1S/C15H13F6NO3/c1-13(12(24)25)3-2-4-22(13)11(23)8-5-9(14(16,17)18)7-10(6-8)15(19,20)21/h5-7H,2-4H2,1H3,(H,24,25). The van der Waals surface area contributed by atoms with Gasteiger partial charge in [-0.3, -0.25) is 4.79 Å². The molecule has 1 aromatic carbocycles. The molecule has 0 bridgehead atoms. The van der Waals surface area contributed by atoms with Crippen LogP contribution in [0.3, 0.4) is 0 Å². The Morgan fingerprint density at radius 2 is 1.52 bits per heavy atom. The SMILES string of the molecule is CC1(C(=O)O)CCCN1C(=O)c1cc(C(F)(F)F)cc(C(F)(F)F)c1. The second-order valence-electron chi connectivity index (χ2n) is 5.93. The molecule has 0 aromatic heterocycles. The lowest BCUT2D eigenvalue weighted by Crippen LogP contribution is -2.50. The number of carbonyl (C=O) groups excluding carboxylic acids is 1. The Balaban J connectivity index is 2.54. The number of likely N-dealkylation sites (tertiary alicyclic amines) is 1. The van der Waals surface area contributed by atoms with E-state index >= 15 is 0 Å². The van der Waals surface area contributed by atoms with Gasteiger partial charge in [0, 0.05) is 12.1 Å². The van der Waals surface area contributed by atoms with Crippen molar-refractivity contribution in [2.45, 2.75) is 37.7 Å². The van der Waals surface area contributed by atoms with Gasteiger partial charge in [0.2, 0.25) is 0 Å². The number of rotatable bonds is 2. The van der Waals surface area contributed by atoms with E-state index in [-0.39, 0.29) is 25.5 Å². The summed E-state index contributed by atoms with van der Waals surface area (Å²) in [7, 11) is 0. The normalized spacial score (nSPS) is 21.5. The Labute approximate surface area is 138 Å². The predicted molar refractivity (Wildman–Crippen MR) is 72.8 cm³/mol. The molecule has 2 rings (SSSR count). The van der Waals surface area contributed by atoms with Crippen molar-refractivity contribution in [3.05, 3.63) is 34.9 Å². The van der Waals surface area contributed by atoms with E-state index in [0.29, 0.717) is 12.1 Å². The number of aliphatic carboxylic acids is 1. The molecule has 1 saturated heterocycles. The molecule has 1 atom stereocenters. The molecule has 0 radical (unpaired) electrons. The summed E-state index contributed by atoms with van der Waals surface area (Å²) in [6.07, 6.45) is -9.84. The lowest BCUT2D eigenvalue weighted by molar-refractivity contribution is -0.147. The van der Waals surface area contributed by atoms with Crippen molar-refractivity contribution in [3.8, 4) is 0 Å². The van der Waals surface area contributed by atoms with Crippen molar-refractivity contribution in [3.63, 3.8) is 0 Å². The molecule has 138 valence electrons. The molecule has 1 aliphatic rings. The molecule has 1 amide bonds. The van der Waals surface area contributed by atoms with Crippen molar-refractivity contribution >= 4 is 11.9 Å². The molecule has 1 aliphatic heterocycles. The average molecular weight is 369 g/mol. The molecular formula is C15H13F6NO3. The molecule has 0 saturated carbocycles. The lowest BCUT2D eigenvalue weighted by atomic mass is 9.97. The maximum Gasteiger partial charge on any atom is 0.416 e. The minimum absolute atomic E-state index is 0.0547. The smallest absolute Gasteiger partial charge is 0.416 e. The van der Waals surface area contributed by atoms with Crippen LogP contribution in [0.1, 0.15) is 41.3 Å². The van der Waals surface area contributed by atoms with Gasteiger partial charge in [-0.25, -0.2) is 4.79 Å². The van der Waals surface area contributed by atoms with Gasteiger partial charge in [0.15, 0.2) is 0 Å². The second kappa shape index (κ2) is 5.92. The topological polar surface area (TPSA) is 57.6 Å². The predicted octanol–water partition coefficient (Wildman–Crippen LogP) is 3.80. The fourth-order valence-electron chi connectivity index (χ4n) is 2.75. The maximum absolute atomic E-state index is 12.9. The van der Waals surface area contributed by atoms with Crippen LogP contribution in [0.25, 0.3) is 0 Å². The second-order valence-corrected chi connectivity index (χ2v) is 5.93. The Bertz CT molecular complexity index is 680. The van der Waals surface area contributed by atoms with Crippen LogP contribution < -0.4 is 0 Å². The van der Waals surface area contributed by atoms with Gasteiger partial charge in [0.1, 0.15) is 5.54 Å². The number of amides is 1. The van der Waals surface area contributed by atoms with Gasteiger partial charge in [-0.05, 0) is 38.0 Å². The molecule has 0 spiro atoms. The number of nitrogens with zero attached hydrogens (tertiary/aromatic N) is 1. The largest absolute Gasteiger partial charge is 0.480 e. The molecule has 1 fully saturated rings. The number of carbonyl (C=O) groups is 2. The van der Waals surface area contributed by atoms with Gasteiger partial charge in [0.05, 0.1) is 11.1 Å². The molecule has 1 heterocycles. The van der Waals surface area contributed by atoms with Crippen molar-refractivity contribution in [2.75, 3.05) is 6.54 Å². The van der Waals surface area contributed by atoms with Crippen LogP contribution in [-0.2, 0) is 17.1 Å². The molecule has 4 nitrogen and oxygen atoms in total. The fraction of sp³-hybridized carbons (Fsp3) is 0.467. The van der Waals surface area contributed by atoms with Crippen molar-refractivity contribution in [1.82, 2.24) is 4.90 Å². The Kier molecular flexibility index (Phi) is 4.52. The van der Waals surface area contributed by atoms with Crippen LogP contribution in [0.2, 0.25) is 0 Å². The zero-order chi connectivity index (χ0) is 19.2. The molecule has 10 heteroatoms. The van der Waals surface area contributed by atoms with E-state index < -0.39 is 46.5 Å². The molecular weight excluding hydrogens is 356 g/mol. The van der Waals surface area contributed by atoms with Crippen LogP contribution in [0.4, 0.5) is 26.3 Å². The number of carboxylic acid groups (broad SMARTS) is 1. The molecule has 1 aromatic rings. The van der Waals surface area contributed by atoms with Crippen LogP contribution in [0.15, 0.2) is 18.2 Å². The summed E-state index contributed by atoms with van der Waals surface area (Å²) in [4.78, 5) is 24.6. The Morgan fingerprint density at radius 1 is 1.04 bits per heavy atom. The molecule has 0 aliphatic carbocycles. The van der Waals surface area contributed by atoms with Gasteiger partial charge in [-0.15, -0.1) is 0 Å². The van der Waals surface area contributed by atoms with E-state index in [1.807, 2.05) is 0 Å². The van der Waals surface area contributed by atoms with Crippen LogP contribution in [0.5, 0.6) is 0 Å². The number of halogens is 6. The maximum atomic E-state index is 12.9. The summed E-state index contributed by atoms with van der Waals surface area (Å²) in [5.41, 5.74) is -5.77.